The first-order valence-electron chi connectivity index (χ1n) is 12.5. The van der Waals surface area contributed by atoms with Gasteiger partial charge < -0.3 is 19.7 Å². The van der Waals surface area contributed by atoms with Crippen molar-refractivity contribution in [3.63, 3.8) is 0 Å². The SMILES string of the molecule is C=CCCC[C@@H](O)[C@H]1CC[C@H]([C@@H]2C[C@@H](Cl)[C@H]([C@H](O)CCCCCCCCCC)O2)O1. The molecular weight excluding hydrogens is 400 g/mol. The minimum atomic E-state index is -0.501. The fourth-order valence-corrected chi connectivity index (χ4v) is 5.23. The Hall–Kier alpha value is -0.130. The van der Waals surface area contributed by atoms with Gasteiger partial charge in [-0.05, 0) is 44.9 Å². The number of halogens is 1. The summed E-state index contributed by atoms with van der Waals surface area (Å²) in [4.78, 5) is 0. The van der Waals surface area contributed by atoms with Crippen molar-refractivity contribution in [3.8, 4) is 0 Å². The van der Waals surface area contributed by atoms with Gasteiger partial charge in [0.15, 0.2) is 0 Å². The van der Waals surface area contributed by atoms with E-state index in [2.05, 4.69) is 13.5 Å². The molecule has 7 atom stereocenters. The van der Waals surface area contributed by atoms with E-state index in [0.29, 0.717) is 6.42 Å². The van der Waals surface area contributed by atoms with E-state index in [1.165, 1.54) is 44.9 Å². The van der Waals surface area contributed by atoms with Gasteiger partial charge in [0.25, 0.3) is 0 Å². The quantitative estimate of drug-likeness (QED) is 0.176. The van der Waals surface area contributed by atoms with Gasteiger partial charge in [-0.15, -0.1) is 18.2 Å². The molecule has 0 amide bonds. The standard InChI is InChI=1S/C25H45ClO4/c1-3-5-7-8-9-10-11-13-15-21(28)25-19(26)18-24(30-25)23-17-16-22(29-23)20(27)14-12-6-4-2/h4,19-25,27-28H,2-3,5-18H2,1H3/t19-,20-,21-,22-,23-,24+,25-/m1/s1. The molecule has 2 rings (SSSR count). The third-order valence-corrected chi connectivity index (χ3v) is 7.14. The molecule has 2 fully saturated rings. The highest BCUT2D eigenvalue weighted by molar-refractivity contribution is 6.21. The highest BCUT2D eigenvalue weighted by Crippen LogP contribution is 2.36. The van der Waals surface area contributed by atoms with Gasteiger partial charge in [0.2, 0.25) is 0 Å². The highest BCUT2D eigenvalue weighted by atomic mass is 35.5. The third kappa shape index (κ3) is 8.78. The maximum Gasteiger partial charge on any atom is 0.100 e. The van der Waals surface area contributed by atoms with Crippen LogP contribution in [0.1, 0.15) is 103 Å². The number of alkyl halides is 1. The smallest absolute Gasteiger partial charge is 0.100 e. The molecule has 2 aliphatic heterocycles. The number of allylic oxidation sites excluding steroid dienone is 1. The van der Waals surface area contributed by atoms with Gasteiger partial charge in [0.1, 0.15) is 6.10 Å². The topological polar surface area (TPSA) is 58.9 Å². The molecule has 0 aromatic heterocycles. The highest BCUT2D eigenvalue weighted by Gasteiger charge is 2.44. The third-order valence-electron chi connectivity index (χ3n) is 6.72. The zero-order valence-corrected chi connectivity index (χ0v) is 19.8. The predicted octanol–water partition coefficient (Wildman–Crippen LogP) is 5.91. The zero-order chi connectivity index (χ0) is 21.8. The molecule has 0 unspecified atom stereocenters. The Bertz CT molecular complexity index is 460. The van der Waals surface area contributed by atoms with Gasteiger partial charge in [-0.2, -0.15) is 0 Å². The molecule has 2 saturated heterocycles. The molecule has 0 bridgehead atoms. The van der Waals surface area contributed by atoms with Gasteiger partial charge in [-0.1, -0.05) is 64.4 Å². The Morgan fingerprint density at radius 2 is 1.57 bits per heavy atom. The van der Waals surface area contributed by atoms with Crippen LogP contribution in [0.4, 0.5) is 0 Å². The van der Waals surface area contributed by atoms with E-state index >= 15 is 0 Å². The van der Waals surface area contributed by atoms with E-state index in [0.717, 1.165) is 44.9 Å². The molecule has 2 heterocycles. The second-order valence-corrected chi connectivity index (χ2v) is 9.86. The first-order valence-corrected chi connectivity index (χ1v) is 12.9. The number of aliphatic hydroxyl groups excluding tert-OH is 2. The summed E-state index contributed by atoms with van der Waals surface area (Å²) in [6.45, 7) is 5.97. The van der Waals surface area contributed by atoms with E-state index < -0.39 is 12.2 Å². The predicted molar refractivity (Wildman–Crippen MR) is 124 cm³/mol. The maximum atomic E-state index is 10.6. The van der Waals surface area contributed by atoms with E-state index in [-0.39, 0.29) is 29.8 Å². The van der Waals surface area contributed by atoms with Crippen LogP contribution in [0.15, 0.2) is 12.7 Å². The lowest BCUT2D eigenvalue weighted by Crippen LogP contribution is -2.34. The van der Waals surface area contributed by atoms with E-state index in [9.17, 15) is 10.2 Å². The van der Waals surface area contributed by atoms with Crippen molar-refractivity contribution >= 4 is 11.6 Å². The summed E-state index contributed by atoms with van der Waals surface area (Å²) in [6, 6.07) is 0. The van der Waals surface area contributed by atoms with E-state index in [1.807, 2.05) is 6.08 Å². The van der Waals surface area contributed by atoms with Gasteiger partial charge >= 0.3 is 0 Å². The summed E-state index contributed by atoms with van der Waals surface area (Å²) < 4.78 is 12.3. The van der Waals surface area contributed by atoms with Crippen LogP contribution in [0.25, 0.3) is 0 Å². The molecule has 2 N–H and O–H groups in total. The number of hydrogen-bond acceptors (Lipinski definition) is 4. The monoisotopic (exact) mass is 444 g/mol. The Balaban J connectivity index is 1.63. The average Bonchev–Trinajstić information content (AvgIpc) is 3.37. The maximum absolute atomic E-state index is 10.6. The van der Waals surface area contributed by atoms with Crippen molar-refractivity contribution in [3.05, 3.63) is 12.7 Å². The normalized spacial score (nSPS) is 31.1. The second-order valence-electron chi connectivity index (χ2n) is 9.30. The van der Waals surface area contributed by atoms with Crippen LogP contribution in [-0.2, 0) is 9.47 Å². The molecule has 0 saturated carbocycles. The Morgan fingerprint density at radius 3 is 2.27 bits per heavy atom. The van der Waals surface area contributed by atoms with Crippen molar-refractivity contribution in [2.45, 2.75) is 145 Å². The van der Waals surface area contributed by atoms with Gasteiger partial charge in [0, 0.05) is 0 Å². The van der Waals surface area contributed by atoms with Gasteiger partial charge in [-0.25, -0.2) is 0 Å². The number of unbranched alkanes of at least 4 members (excludes halogenated alkanes) is 8. The minimum absolute atomic E-state index is 0.0226. The zero-order valence-electron chi connectivity index (χ0n) is 19.0. The number of ether oxygens (including phenoxy) is 2. The Morgan fingerprint density at radius 1 is 0.900 bits per heavy atom. The lowest BCUT2D eigenvalue weighted by atomic mass is 10.0. The minimum Gasteiger partial charge on any atom is -0.390 e. The van der Waals surface area contributed by atoms with Crippen molar-refractivity contribution < 1.29 is 19.7 Å². The summed E-state index contributed by atoms with van der Waals surface area (Å²) in [5, 5.41) is 20.8. The van der Waals surface area contributed by atoms with Crippen LogP contribution in [0.5, 0.6) is 0 Å². The van der Waals surface area contributed by atoms with Crippen LogP contribution in [0.3, 0.4) is 0 Å². The van der Waals surface area contributed by atoms with Crippen LogP contribution >= 0.6 is 11.6 Å². The fraction of sp³-hybridized carbons (Fsp3) is 0.920. The Kier molecular flexibility index (Phi) is 12.9. The molecule has 2 aliphatic rings. The van der Waals surface area contributed by atoms with Crippen molar-refractivity contribution in [1.29, 1.82) is 0 Å². The van der Waals surface area contributed by atoms with Gasteiger partial charge in [0.05, 0.1) is 35.9 Å². The summed E-state index contributed by atoms with van der Waals surface area (Å²) >= 11 is 6.54. The molecule has 5 heteroatoms. The van der Waals surface area contributed by atoms with E-state index in [1.54, 1.807) is 0 Å². The largest absolute Gasteiger partial charge is 0.390 e. The molecule has 0 aromatic carbocycles. The Labute approximate surface area is 189 Å². The molecule has 176 valence electrons. The molecule has 0 aromatic rings. The molecule has 30 heavy (non-hydrogen) atoms. The van der Waals surface area contributed by atoms with E-state index in [4.69, 9.17) is 21.1 Å². The van der Waals surface area contributed by atoms with Crippen LogP contribution < -0.4 is 0 Å². The van der Waals surface area contributed by atoms with Crippen LogP contribution in [0, 0.1) is 0 Å². The second kappa shape index (κ2) is 14.8. The average molecular weight is 445 g/mol. The number of aliphatic hydroxyl groups is 2. The summed E-state index contributed by atoms with van der Waals surface area (Å²) in [6.07, 6.45) is 16.3. The summed E-state index contributed by atoms with van der Waals surface area (Å²) in [5.41, 5.74) is 0. The van der Waals surface area contributed by atoms with Crippen molar-refractivity contribution in [1.82, 2.24) is 0 Å². The summed E-state index contributed by atoms with van der Waals surface area (Å²) in [5.74, 6) is 0. The first-order chi connectivity index (χ1) is 14.6. The molecule has 0 spiro atoms. The van der Waals surface area contributed by atoms with Crippen molar-refractivity contribution in [2.75, 3.05) is 0 Å². The summed E-state index contributed by atoms with van der Waals surface area (Å²) in [7, 11) is 0. The van der Waals surface area contributed by atoms with Gasteiger partial charge in [-0.3, -0.25) is 0 Å². The molecule has 4 nitrogen and oxygen atoms in total. The lowest BCUT2D eigenvalue weighted by molar-refractivity contribution is -0.110. The molecule has 0 radical (unpaired) electrons. The lowest BCUT2D eigenvalue weighted by Gasteiger charge is -2.24. The van der Waals surface area contributed by atoms with Crippen LogP contribution in [0.2, 0.25) is 0 Å². The number of rotatable bonds is 16. The number of hydrogen-bond donors (Lipinski definition) is 2. The molecule has 0 aliphatic carbocycles. The fourth-order valence-electron chi connectivity index (χ4n) is 4.82. The first kappa shape index (κ1) is 26.1. The molecular formula is C25H45ClO4. The van der Waals surface area contributed by atoms with Crippen LogP contribution in [-0.4, -0.2) is 52.2 Å². The van der Waals surface area contributed by atoms with Crippen molar-refractivity contribution in [2.24, 2.45) is 0 Å².